The molecule has 0 saturated heterocycles. The van der Waals surface area contributed by atoms with Gasteiger partial charge in [0.25, 0.3) is 0 Å². The highest BCUT2D eigenvalue weighted by Crippen LogP contribution is 2.48. The van der Waals surface area contributed by atoms with Gasteiger partial charge in [-0.25, -0.2) is 0 Å². The summed E-state index contributed by atoms with van der Waals surface area (Å²) in [6.45, 7) is 18.6. The van der Waals surface area contributed by atoms with Crippen LogP contribution in [0.5, 0.6) is 23.0 Å². The van der Waals surface area contributed by atoms with Crippen LogP contribution < -0.4 is 18.1 Å². The van der Waals surface area contributed by atoms with E-state index in [4.69, 9.17) is 27.1 Å². The molecule has 0 radical (unpaired) electrons. The molecule has 4 aromatic carbocycles. The molecule has 0 aliphatic carbocycles. The van der Waals surface area contributed by atoms with E-state index in [-0.39, 0.29) is 0 Å². The first-order valence-corrected chi connectivity index (χ1v) is 21.4. The predicted octanol–water partition coefficient (Wildman–Crippen LogP) is 14.6. The second-order valence-corrected chi connectivity index (χ2v) is 15.7. The fraction of sp³-hybridized carbons (Fsp3) is 0.455. The Labute approximate surface area is 316 Å². The van der Waals surface area contributed by atoms with E-state index < -0.39 is 17.2 Å². The Bertz CT molecular complexity index is 1390. The third-order valence-electron chi connectivity index (χ3n) is 9.87. The zero-order chi connectivity index (χ0) is 37.3. The van der Waals surface area contributed by atoms with Gasteiger partial charge in [-0.3, -0.25) is 9.05 Å². The van der Waals surface area contributed by atoms with Gasteiger partial charge in [-0.2, -0.15) is 0 Å². The Morgan fingerprint density at radius 3 is 0.846 bits per heavy atom. The van der Waals surface area contributed by atoms with Crippen LogP contribution in [0.3, 0.4) is 0 Å². The Morgan fingerprint density at radius 1 is 0.385 bits per heavy atom. The third-order valence-corrected chi connectivity index (χ3v) is 12.0. The lowest BCUT2D eigenvalue weighted by Crippen LogP contribution is -2.07. The molecular formula is C44H60O6P2. The number of para-hydroxylation sites is 4. The van der Waals surface area contributed by atoms with Gasteiger partial charge in [0.1, 0.15) is 23.0 Å². The summed E-state index contributed by atoms with van der Waals surface area (Å²) < 4.78 is 39.0. The van der Waals surface area contributed by atoms with Crippen LogP contribution in [0.4, 0.5) is 0 Å². The highest BCUT2D eigenvalue weighted by Gasteiger charge is 2.25. The monoisotopic (exact) mass is 746 g/mol. The van der Waals surface area contributed by atoms with Crippen LogP contribution in [-0.2, 0) is 9.05 Å². The largest absolute Gasteiger partial charge is 0.463 e. The van der Waals surface area contributed by atoms with E-state index >= 15 is 0 Å². The van der Waals surface area contributed by atoms with Gasteiger partial charge < -0.3 is 18.1 Å². The van der Waals surface area contributed by atoms with Crippen LogP contribution in [-0.4, -0.2) is 13.2 Å². The predicted molar refractivity (Wildman–Crippen MR) is 218 cm³/mol. The molecule has 282 valence electrons. The van der Waals surface area contributed by atoms with Gasteiger partial charge in [0, 0.05) is 0 Å². The molecule has 0 aliphatic rings. The summed E-state index contributed by atoms with van der Waals surface area (Å²) in [5.74, 6) is 4.64. The van der Waals surface area contributed by atoms with Gasteiger partial charge in [-0.1, -0.05) is 128 Å². The van der Waals surface area contributed by atoms with E-state index in [1.165, 1.54) is 0 Å². The SMILES string of the molecule is CCC(C)c1ccccc1OP(OCCCCOP(Oc1ccccc1C(C)CC)Oc1ccccc1C(C)CC)Oc1ccccc1C(C)CC. The summed E-state index contributed by atoms with van der Waals surface area (Å²) in [6.07, 6.45) is 5.56. The fourth-order valence-electron chi connectivity index (χ4n) is 5.71. The number of rotatable bonds is 23. The van der Waals surface area contributed by atoms with Crippen molar-refractivity contribution in [2.24, 2.45) is 0 Å². The van der Waals surface area contributed by atoms with Gasteiger partial charge in [-0.15, -0.1) is 0 Å². The smallest absolute Gasteiger partial charge is 0.417 e. The van der Waals surface area contributed by atoms with Crippen molar-refractivity contribution in [2.45, 2.75) is 118 Å². The number of hydrogen-bond donors (Lipinski definition) is 0. The molecule has 6 nitrogen and oxygen atoms in total. The van der Waals surface area contributed by atoms with Crippen molar-refractivity contribution in [3.8, 4) is 23.0 Å². The lowest BCUT2D eigenvalue weighted by atomic mass is 9.98. The minimum absolute atomic E-state index is 0.353. The zero-order valence-corrected chi connectivity index (χ0v) is 34.3. The molecule has 0 amide bonds. The van der Waals surface area contributed by atoms with Crippen LogP contribution in [0.1, 0.15) is 140 Å². The molecule has 0 bridgehead atoms. The number of benzene rings is 4. The average Bonchev–Trinajstić information content (AvgIpc) is 3.18. The van der Waals surface area contributed by atoms with E-state index in [1.807, 2.05) is 48.5 Å². The molecule has 0 heterocycles. The summed E-state index contributed by atoms with van der Waals surface area (Å²) in [6, 6.07) is 32.8. The van der Waals surface area contributed by atoms with Gasteiger partial charge in [0.05, 0.1) is 13.2 Å². The molecule has 8 heteroatoms. The summed E-state index contributed by atoms with van der Waals surface area (Å²) in [4.78, 5) is 0. The second-order valence-electron chi connectivity index (χ2n) is 13.6. The molecule has 0 aliphatic heterocycles. The maximum absolute atomic E-state index is 6.55. The molecule has 0 fully saturated rings. The van der Waals surface area contributed by atoms with Crippen LogP contribution in [0.25, 0.3) is 0 Å². The van der Waals surface area contributed by atoms with Crippen molar-refractivity contribution < 1.29 is 27.1 Å². The minimum Gasteiger partial charge on any atom is -0.417 e. The molecule has 0 N–H and O–H groups in total. The standard InChI is InChI=1S/C44H60O6P2/c1-9-33(5)37-23-13-17-27-41(37)47-51(48-42-28-18-14-24-38(42)34(6)10-2)45-31-21-22-32-46-52(49-43-29-19-15-25-39(43)35(7)11-3)50-44-30-20-16-26-40(44)36(8)12-4/h13-20,23-30,33-36H,9-12,21-22,31-32H2,1-8H3. The van der Waals surface area contributed by atoms with Crippen molar-refractivity contribution in [3.63, 3.8) is 0 Å². The van der Waals surface area contributed by atoms with E-state index in [1.54, 1.807) is 0 Å². The van der Waals surface area contributed by atoms with Crippen molar-refractivity contribution in [1.82, 2.24) is 0 Å². The fourth-order valence-corrected chi connectivity index (χ4v) is 7.86. The molecule has 52 heavy (non-hydrogen) atoms. The number of unbranched alkanes of at least 4 members (excludes halogenated alkanes) is 1. The quantitative estimate of drug-likeness (QED) is 0.0556. The van der Waals surface area contributed by atoms with Crippen LogP contribution >= 0.6 is 17.2 Å². The molecule has 4 aromatic rings. The summed E-state index contributed by atoms with van der Waals surface area (Å²) in [5, 5.41) is 0. The van der Waals surface area contributed by atoms with E-state index in [9.17, 15) is 0 Å². The van der Waals surface area contributed by atoms with Gasteiger partial charge in [-0.05, 0) is 109 Å². The highest BCUT2D eigenvalue weighted by atomic mass is 31.2. The maximum atomic E-state index is 6.55. The first-order valence-electron chi connectivity index (χ1n) is 19.2. The maximum Gasteiger partial charge on any atom is 0.463 e. The Morgan fingerprint density at radius 2 is 0.615 bits per heavy atom. The second kappa shape index (κ2) is 22.2. The van der Waals surface area contributed by atoms with Gasteiger partial charge in [0.2, 0.25) is 0 Å². The van der Waals surface area contributed by atoms with Crippen molar-refractivity contribution in [3.05, 3.63) is 119 Å². The van der Waals surface area contributed by atoms with E-state index in [0.29, 0.717) is 36.9 Å². The first kappa shape index (κ1) is 41.6. The molecule has 4 rings (SSSR count). The molecule has 0 aromatic heterocycles. The van der Waals surface area contributed by atoms with Crippen LogP contribution in [0, 0.1) is 0 Å². The molecular weight excluding hydrogens is 686 g/mol. The normalized spacial score (nSPS) is 14.8. The molecule has 0 saturated carbocycles. The molecule has 4 atom stereocenters. The Balaban J connectivity index is 1.45. The van der Waals surface area contributed by atoms with E-state index in [2.05, 4.69) is 104 Å². The van der Waals surface area contributed by atoms with Crippen molar-refractivity contribution in [1.29, 1.82) is 0 Å². The molecule has 4 unspecified atom stereocenters. The summed E-state index contributed by atoms with van der Waals surface area (Å²) in [7, 11) is -3.43. The summed E-state index contributed by atoms with van der Waals surface area (Å²) >= 11 is 0. The lowest BCUT2D eigenvalue weighted by Gasteiger charge is -2.23. The minimum atomic E-state index is -1.71. The van der Waals surface area contributed by atoms with Crippen molar-refractivity contribution in [2.75, 3.05) is 13.2 Å². The van der Waals surface area contributed by atoms with Gasteiger partial charge >= 0.3 is 17.2 Å². The van der Waals surface area contributed by atoms with Crippen LogP contribution in [0.15, 0.2) is 97.1 Å². The van der Waals surface area contributed by atoms with Crippen LogP contribution in [0.2, 0.25) is 0 Å². The highest BCUT2D eigenvalue weighted by molar-refractivity contribution is 7.42. The Hall–Kier alpha value is -3.14. The topological polar surface area (TPSA) is 55.4 Å². The van der Waals surface area contributed by atoms with Crippen molar-refractivity contribution >= 4 is 17.2 Å². The average molecular weight is 747 g/mol. The van der Waals surface area contributed by atoms with Gasteiger partial charge in [0.15, 0.2) is 0 Å². The Kier molecular flexibility index (Phi) is 17.7. The zero-order valence-electron chi connectivity index (χ0n) is 32.5. The van der Waals surface area contributed by atoms with E-state index in [0.717, 1.165) is 83.8 Å². The molecule has 0 spiro atoms. The summed E-state index contributed by atoms with van der Waals surface area (Å²) in [5.41, 5.74) is 4.64. The first-order chi connectivity index (χ1) is 25.3. The third kappa shape index (κ3) is 12.2. The number of hydrogen-bond acceptors (Lipinski definition) is 6. The lowest BCUT2D eigenvalue weighted by molar-refractivity contribution is 0.228.